The van der Waals surface area contributed by atoms with Gasteiger partial charge in [-0.15, -0.1) is 0 Å². The Bertz CT molecular complexity index is 247. The van der Waals surface area contributed by atoms with Crippen LogP contribution in [0, 0.1) is 17.8 Å². The van der Waals surface area contributed by atoms with Gasteiger partial charge in [-0.2, -0.15) is 0 Å². The van der Waals surface area contributed by atoms with Crippen LogP contribution in [-0.2, 0) is 9.59 Å². The van der Waals surface area contributed by atoms with Crippen molar-refractivity contribution in [1.29, 1.82) is 0 Å². The van der Waals surface area contributed by atoms with Crippen LogP contribution in [0.1, 0.15) is 64.7 Å². The Morgan fingerprint density at radius 1 is 0.882 bits per heavy atom. The van der Waals surface area contributed by atoms with Crippen molar-refractivity contribution in [2.24, 2.45) is 17.8 Å². The second-order valence-electron chi connectivity index (χ2n) is 5.82. The summed E-state index contributed by atoms with van der Waals surface area (Å²) in [7, 11) is 0. The molecule has 2 nitrogen and oxygen atoms in total. The van der Waals surface area contributed by atoms with Crippen LogP contribution in [0.4, 0.5) is 0 Å². The Labute approximate surface area is 104 Å². The molecule has 2 saturated carbocycles. The smallest absolute Gasteiger partial charge is 0.132 e. The lowest BCUT2D eigenvalue weighted by molar-refractivity contribution is -0.122. The molecule has 0 aromatic rings. The molecule has 2 aliphatic carbocycles. The molecule has 2 heteroatoms. The van der Waals surface area contributed by atoms with Gasteiger partial charge in [0.2, 0.25) is 0 Å². The third kappa shape index (κ3) is 3.17. The highest BCUT2D eigenvalue weighted by molar-refractivity contribution is 5.79. The normalized spacial score (nSPS) is 24.6. The number of rotatable bonds is 3. The van der Waals surface area contributed by atoms with Gasteiger partial charge in [0, 0.05) is 25.7 Å². The molecule has 0 aliphatic heterocycles. The molecular weight excluding hydrogens is 212 g/mol. The van der Waals surface area contributed by atoms with Crippen molar-refractivity contribution >= 4 is 11.6 Å². The van der Waals surface area contributed by atoms with Crippen molar-refractivity contribution in [2.75, 3.05) is 0 Å². The molecule has 0 saturated heterocycles. The van der Waals surface area contributed by atoms with Gasteiger partial charge in [-0.3, -0.25) is 9.59 Å². The molecule has 17 heavy (non-hydrogen) atoms. The summed E-state index contributed by atoms with van der Waals surface area (Å²) in [6.45, 7) is 2.28. The quantitative estimate of drug-likeness (QED) is 0.751. The van der Waals surface area contributed by atoms with Gasteiger partial charge in [0.25, 0.3) is 0 Å². The van der Waals surface area contributed by atoms with Crippen LogP contribution >= 0.6 is 0 Å². The Balaban J connectivity index is 1.91. The average molecular weight is 236 g/mol. The maximum atomic E-state index is 11.3. The van der Waals surface area contributed by atoms with E-state index in [1.165, 1.54) is 6.42 Å². The van der Waals surface area contributed by atoms with Gasteiger partial charge < -0.3 is 0 Å². The zero-order valence-corrected chi connectivity index (χ0v) is 10.9. The van der Waals surface area contributed by atoms with E-state index in [9.17, 15) is 9.59 Å². The maximum absolute atomic E-state index is 11.3. The molecule has 2 rings (SSSR count). The third-order valence-corrected chi connectivity index (χ3v) is 4.86. The van der Waals surface area contributed by atoms with E-state index in [0.717, 1.165) is 69.1 Å². The summed E-state index contributed by atoms with van der Waals surface area (Å²) < 4.78 is 0. The van der Waals surface area contributed by atoms with E-state index in [1.54, 1.807) is 0 Å². The summed E-state index contributed by atoms with van der Waals surface area (Å²) in [4.78, 5) is 22.6. The van der Waals surface area contributed by atoms with Crippen LogP contribution in [0.15, 0.2) is 0 Å². The Morgan fingerprint density at radius 3 is 1.53 bits per heavy atom. The molecule has 0 aromatic heterocycles. The molecule has 96 valence electrons. The fraction of sp³-hybridized carbons (Fsp3) is 0.867. The monoisotopic (exact) mass is 236 g/mol. The lowest BCUT2D eigenvalue weighted by atomic mass is 9.68. The van der Waals surface area contributed by atoms with Gasteiger partial charge in [-0.1, -0.05) is 13.3 Å². The van der Waals surface area contributed by atoms with Crippen molar-refractivity contribution in [2.45, 2.75) is 64.7 Å². The molecule has 0 radical (unpaired) electrons. The van der Waals surface area contributed by atoms with E-state index in [2.05, 4.69) is 6.92 Å². The topological polar surface area (TPSA) is 34.1 Å². The fourth-order valence-corrected chi connectivity index (χ4v) is 3.83. The number of hydrogen-bond acceptors (Lipinski definition) is 2. The summed E-state index contributed by atoms with van der Waals surface area (Å²) in [5, 5.41) is 0. The van der Waals surface area contributed by atoms with E-state index in [-0.39, 0.29) is 0 Å². The van der Waals surface area contributed by atoms with E-state index < -0.39 is 0 Å². The SMILES string of the molecule is CCC(C1CCC(=O)CC1)C1CCC(=O)CC1. The molecule has 0 N–H and O–H groups in total. The van der Waals surface area contributed by atoms with E-state index in [1.807, 2.05) is 0 Å². The largest absolute Gasteiger partial charge is 0.300 e. The van der Waals surface area contributed by atoms with Gasteiger partial charge >= 0.3 is 0 Å². The van der Waals surface area contributed by atoms with Crippen molar-refractivity contribution in [3.63, 3.8) is 0 Å². The molecule has 0 bridgehead atoms. The second-order valence-corrected chi connectivity index (χ2v) is 5.82. The van der Waals surface area contributed by atoms with Crippen molar-refractivity contribution in [3.8, 4) is 0 Å². The summed E-state index contributed by atoms with van der Waals surface area (Å²) in [6, 6.07) is 0. The van der Waals surface area contributed by atoms with Crippen LogP contribution in [0.25, 0.3) is 0 Å². The van der Waals surface area contributed by atoms with Gasteiger partial charge in [0.15, 0.2) is 0 Å². The predicted molar refractivity (Wildman–Crippen MR) is 67.7 cm³/mol. The highest BCUT2D eigenvalue weighted by atomic mass is 16.1. The first-order valence-corrected chi connectivity index (χ1v) is 7.24. The summed E-state index contributed by atoms with van der Waals surface area (Å²) >= 11 is 0. The van der Waals surface area contributed by atoms with Crippen LogP contribution in [-0.4, -0.2) is 11.6 Å². The Hall–Kier alpha value is -0.660. The first-order valence-electron chi connectivity index (χ1n) is 7.24. The van der Waals surface area contributed by atoms with Gasteiger partial charge in [-0.05, 0) is 43.4 Å². The lowest BCUT2D eigenvalue weighted by Gasteiger charge is -2.36. The minimum Gasteiger partial charge on any atom is -0.300 e. The summed E-state index contributed by atoms with van der Waals surface area (Å²) in [5.41, 5.74) is 0. The molecule has 2 fully saturated rings. The summed E-state index contributed by atoms with van der Waals surface area (Å²) in [6.07, 6.45) is 8.81. The minimum absolute atomic E-state index is 0.454. The molecule has 0 heterocycles. The highest BCUT2D eigenvalue weighted by Gasteiger charge is 2.32. The molecule has 0 aromatic carbocycles. The van der Waals surface area contributed by atoms with Gasteiger partial charge in [-0.25, -0.2) is 0 Å². The summed E-state index contributed by atoms with van der Waals surface area (Å²) in [5.74, 6) is 3.16. The molecule has 0 spiro atoms. The molecule has 2 aliphatic rings. The zero-order chi connectivity index (χ0) is 12.3. The first-order chi connectivity index (χ1) is 8.20. The number of ketones is 2. The zero-order valence-electron chi connectivity index (χ0n) is 10.9. The van der Waals surface area contributed by atoms with E-state index in [4.69, 9.17) is 0 Å². The van der Waals surface area contributed by atoms with Crippen LogP contribution < -0.4 is 0 Å². The molecule has 0 atom stereocenters. The van der Waals surface area contributed by atoms with Crippen LogP contribution in [0.3, 0.4) is 0 Å². The molecule has 0 unspecified atom stereocenters. The molecular formula is C15H24O2. The lowest BCUT2D eigenvalue weighted by Crippen LogP contribution is -2.30. The Morgan fingerprint density at radius 2 is 1.24 bits per heavy atom. The number of Topliss-reactive ketones (excluding diaryl/α,β-unsaturated/α-hetero) is 2. The van der Waals surface area contributed by atoms with E-state index in [0.29, 0.717) is 11.6 Å². The number of hydrogen-bond donors (Lipinski definition) is 0. The van der Waals surface area contributed by atoms with E-state index >= 15 is 0 Å². The van der Waals surface area contributed by atoms with Crippen LogP contribution in [0.5, 0.6) is 0 Å². The molecule has 0 amide bonds. The minimum atomic E-state index is 0.454. The fourth-order valence-electron chi connectivity index (χ4n) is 3.83. The van der Waals surface area contributed by atoms with Crippen molar-refractivity contribution < 1.29 is 9.59 Å². The predicted octanol–water partition coefficient (Wildman–Crippen LogP) is 3.53. The van der Waals surface area contributed by atoms with Crippen molar-refractivity contribution in [3.05, 3.63) is 0 Å². The van der Waals surface area contributed by atoms with Crippen molar-refractivity contribution in [1.82, 2.24) is 0 Å². The van der Waals surface area contributed by atoms with Gasteiger partial charge in [0.1, 0.15) is 11.6 Å². The highest BCUT2D eigenvalue weighted by Crippen LogP contribution is 2.40. The van der Waals surface area contributed by atoms with Gasteiger partial charge in [0.05, 0.1) is 0 Å². The number of carbonyl (C=O) groups excluding carboxylic acids is 2. The average Bonchev–Trinajstić information content (AvgIpc) is 2.35. The maximum Gasteiger partial charge on any atom is 0.132 e. The number of carbonyl (C=O) groups is 2. The Kier molecular flexibility index (Phi) is 4.36. The second kappa shape index (κ2) is 5.79. The standard InChI is InChI=1S/C15H24O2/c1-2-15(11-3-7-13(16)8-4-11)12-5-9-14(17)10-6-12/h11-12,15H,2-10H2,1H3. The third-order valence-electron chi connectivity index (χ3n) is 4.86. The first kappa shape index (κ1) is 12.8. The van der Waals surface area contributed by atoms with Crippen LogP contribution in [0.2, 0.25) is 0 Å².